The Hall–Kier alpha value is -3.28. The molecule has 27 heavy (non-hydrogen) atoms. The van der Waals surface area contributed by atoms with Crippen molar-refractivity contribution in [1.82, 2.24) is 0 Å². The highest BCUT2D eigenvalue weighted by molar-refractivity contribution is 5.92. The van der Waals surface area contributed by atoms with E-state index in [4.69, 9.17) is 4.74 Å². The van der Waals surface area contributed by atoms with E-state index in [1.165, 1.54) is 12.1 Å². The van der Waals surface area contributed by atoms with E-state index in [0.717, 1.165) is 23.3 Å². The summed E-state index contributed by atoms with van der Waals surface area (Å²) in [6, 6.07) is 21.2. The minimum atomic E-state index is -4.41. The van der Waals surface area contributed by atoms with Crippen LogP contribution in [0.15, 0.2) is 78.9 Å². The molecule has 3 rings (SSSR count). The summed E-state index contributed by atoms with van der Waals surface area (Å²) in [5.41, 5.74) is 1.30. The van der Waals surface area contributed by atoms with Gasteiger partial charge in [-0.05, 0) is 35.9 Å². The number of amides is 1. The highest BCUT2D eigenvalue weighted by Crippen LogP contribution is 2.30. The first-order chi connectivity index (χ1) is 12.9. The first kappa shape index (κ1) is 18.5. The molecule has 0 aliphatic carbocycles. The molecule has 0 spiro atoms. The van der Waals surface area contributed by atoms with E-state index < -0.39 is 17.6 Å². The number of anilines is 1. The standard InChI is InChI=1S/C21H16F3NO2/c22-21(23,24)16-10-12-17(13-11-16)25-20(26)14-27-19-9-5-4-8-18(19)15-6-2-1-3-7-15/h1-13H,14H2,(H,25,26). The first-order valence-corrected chi connectivity index (χ1v) is 8.18. The fourth-order valence-electron chi connectivity index (χ4n) is 2.53. The number of ether oxygens (including phenoxy) is 1. The maximum absolute atomic E-state index is 12.6. The quantitative estimate of drug-likeness (QED) is 0.653. The van der Waals surface area contributed by atoms with Crippen molar-refractivity contribution in [3.63, 3.8) is 0 Å². The molecule has 0 atom stereocenters. The molecule has 1 N–H and O–H groups in total. The molecule has 0 heterocycles. The van der Waals surface area contributed by atoms with E-state index >= 15 is 0 Å². The summed E-state index contributed by atoms with van der Waals surface area (Å²) in [7, 11) is 0. The molecule has 0 unspecified atom stereocenters. The van der Waals surface area contributed by atoms with Crippen molar-refractivity contribution in [2.24, 2.45) is 0 Å². The number of nitrogens with one attached hydrogen (secondary N) is 1. The van der Waals surface area contributed by atoms with E-state index in [9.17, 15) is 18.0 Å². The van der Waals surface area contributed by atoms with Crippen LogP contribution in [-0.2, 0) is 11.0 Å². The van der Waals surface area contributed by atoms with Gasteiger partial charge in [0.25, 0.3) is 5.91 Å². The number of hydrogen-bond donors (Lipinski definition) is 1. The van der Waals surface area contributed by atoms with Crippen LogP contribution in [-0.4, -0.2) is 12.5 Å². The number of rotatable bonds is 5. The lowest BCUT2D eigenvalue weighted by atomic mass is 10.1. The van der Waals surface area contributed by atoms with Crippen molar-refractivity contribution in [2.75, 3.05) is 11.9 Å². The van der Waals surface area contributed by atoms with Crippen LogP contribution >= 0.6 is 0 Å². The summed E-state index contributed by atoms with van der Waals surface area (Å²) in [6.45, 7) is -0.259. The van der Waals surface area contributed by atoms with Crippen molar-refractivity contribution in [3.8, 4) is 16.9 Å². The first-order valence-electron chi connectivity index (χ1n) is 8.18. The van der Waals surface area contributed by atoms with Gasteiger partial charge >= 0.3 is 6.18 Å². The predicted octanol–water partition coefficient (Wildman–Crippen LogP) is 5.39. The smallest absolute Gasteiger partial charge is 0.416 e. The summed E-state index contributed by atoms with van der Waals surface area (Å²) in [5, 5.41) is 2.52. The van der Waals surface area contributed by atoms with Gasteiger partial charge < -0.3 is 10.1 Å². The Labute approximate surface area is 154 Å². The largest absolute Gasteiger partial charge is 0.483 e. The van der Waals surface area contributed by atoms with Gasteiger partial charge in [0, 0.05) is 11.3 Å². The minimum Gasteiger partial charge on any atom is -0.483 e. The fourth-order valence-corrected chi connectivity index (χ4v) is 2.53. The van der Waals surface area contributed by atoms with Crippen LogP contribution in [0.2, 0.25) is 0 Å². The number of carbonyl (C=O) groups excluding carboxylic acids is 1. The van der Waals surface area contributed by atoms with Crippen LogP contribution in [0.1, 0.15) is 5.56 Å². The zero-order valence-corrected chi connectivity index (χ0v) is 14.2. The lowest BCUT2D eigenvalue weighted by molar-refractivity contribution is -0.137. The summed E-state index contributed by atoms with van der Waals surface area (Å²) in [6.07, 6.45) is -4.41. The lowest BCUT2D eigenvalue weighted by Crippen LogP contribution is -2.20. The average molecular weight is 371 g/mol. The number of halogens is 3. The van der Waals surface area contributed by atoms with E-state index in [0.29, 0.717) is 5.75 Å². The van der Waals surface area contributed by atoms with Gasteiger partial charge in [0.1, 0.15) is 5.75 Å². The molecule has 1 amide bonds. The van der Waals surface area contributed by atoms with Gasteiger partial charge in [-0.3, -0.25) is 4.79 Å². The number of benzene rings is 3. The van der Waals surface area contributed by atoms with Gasteiger partial charge in [-0.25, -0.2) is 0 Å². The van der Waals surface area contributed by atoms with Crippen molar-refractivity contribution in [2.45, 2.75) is 6.18 Å². The van der Waals surface area contributed by atoms with E-state index in [1.807, 2.05) is 42.5 Å². The van der Waals surface area contributed by atoms with Crippen molar-refractivity contribution < 1.29 is 22.7 Å². The molecule has 0 radical (unpaired) electrons. The molecule has 0 aliphatic rings. The van der Waals surface area contributed by atoms with Gasteiger partial charge in [-0.2, -0.15) is 13.2 Å². The maximum atomic E-state index is 12.6. The van der Waals surface area contributed by atoms with Crippen molar-refractivity contribution in [1.29, 1.82) is 0 Å². The Balaban J connectivity index is 1.63. The summed E-state index contributed by atoms with van der Waals surface area (Å²) in [4.78, 5) is 12.1. The molecule has 3 aromatic carbocycles. The van der Waals surface area contributed by atoms with Crippen LogP contribution in [0.5, 0.6) is 5.75 Å². The monoisotopic (exact) mass is 371 g/mol. The molecule has 138 valence electrons. The molecule has 3 nitrogen and oxygen atoms in total. The molecule has 0 bridgehead atoms. The molecule has 0 aliphatic heterocycles. The molecular formula is C21H16F3NO2. The Morgan fingerprint density at radius 2 is 1.48 bits per heavy atom. The van der Waals surface area contributed by atoms with Crippen LogP contribution < -0.4 is 10.1 Å². The molecule has 0 fully saturated rings. The normalized spacial score (nSPS) is 11.1. The van der Waals surface area contributed by atoms with Crippen LogP contribution in [0.3, 0.4) is 0 Å². The Bertz CT molecular complexity index is 907. The Kier molecular flexibility index (Phi) is 5.45. The molecular weight excluding hydrogens is 355 g/mol. The van der Waals surface area contributed by atoms with Gasteiger partial charge in [0.15, 0.2) is 6.61 Å². The molecule has 0 saturated heterocycles. The Morgan fingerprint density at radius 1 is 0.852 bits per heavy atom. The van der Waals surface area contributed by atoms with Gasteiger partial charge in [0.05, 0.1) is 5.56 Å². The number of alkyl halides is 3. The second kappa shape index (κ2) is 7.95. The minimum absolute atomic E-state index is 0.259. The van der Waals surface area contributed by atoms with E-state index in [2.05, 4.69) is 5.32 Å². The average Bonchev–Trinajstić information content (AvgIpc) is 2.67. The van der Waals surface area contributed by atoms with E-state index in [1.54, 1.807) is 12.1 Å². The zero-order valence-electron chi connectivity index (χ0n) is 14.2. The summed E-state index contributed by atoms with van der Waals surface area (Å²) in [5.74, 6) is 0.0869. The fraction of sp³-hybridized carbons (Fsp3) is 0.0952. The summed E-state index contributed by atoms with van der Waals surface area (Å²) < 4.78 is 43.3. The molecule has 0 saturated carbocycles. The number of hydrogen-bond acceptors (Lipinski definition) is 2. The predicted molar refractivity (Wildman–Crippen MR) is 97.4 cm³/mol. The third-order valence-electron chi connectivity index (χ3n) is 3.83. The van der Waals surface area contributed by atoms with Crippen LogP contribution in [0, 0.1) is 0 Å². The van der Waals surface area contributed by atoms with Gasteiger partial charge in [0.2, 0.25) is 0 Å². The topological polar surface area (TPSA) is 38.3 Å². The molecule has 6 heteroatoms. The Morgan fingerprint density at radius 3 is 2.15 bits per heavy atom. The molecule has 0 aromatic heterocycles. The van der Waals surface area contributed by atoms with Crippen molar-refractivity contribution >= 4 is 11.6 Å². The third-order valence-corrected chi connectivity index (χ3v) is 3.83. The maximum Gasteiger partial charge on any atom is 0.416 e. The lowest BCUT2D eigenvalue weighted by Gasteiger charge is -2.12. The highest BCUT2D eigenvalue weighted by atomic mass is 19.4. The summed E-state index contributed by atoms with van der Waals surface area (Å²) >= 11 is 0. The second-order valence-corrected chi connectivity index (χ2v) is 5.77. The number of para-hydroxylation sites is 1. The van der Waals surface area contributed by atoms with Crippen LogP contribution in [0.25, 0.3) is 11.1 Å². The van der Waals surface area contributed by atoms with Crippen molar-refractivity contribution in [3.05, 3.63) is 84.4 Å². The van der Waals surface area contributed by atoms with Gasteiger partial charge in [-0.1, -0.05) is 48.5 Å². The van der Waals surface area contributed by atoms with Gasteiger partial charge in [-0.15, -0.1) is 0 Å². The number of carbonyl (C=O) groups is 1. The SMILES string of the molecule is O=C(COc1ccccc1-c1ccccc1)Nc1ccc(C(F)(F)F)cc1. The molecule has 3 aromatic rings. The third kappa shape index (κ3) is 4.88. The van der Waals surface area contributed by atoms with E-state index in [-0.39, 0.29) is 12.3 Å². The van der Waals surface area contributed by atoms with Crippen LogP contribution in [0.4, 0.5) is 18.9 Å². The zero-order chi connectivity index (χ0) is 19.3. The highest BCUT2D eigenvalue weighted by Gasteiger charge is 2.29. The second-order valence-electron chi connectivity index (χ2n) is 5.77.